The van der Waals surface area contributed by atoms with Gasteiger partial charge in [-0.1, -0.05) is 151 Å². The first-order chi connectivity index (χ1) is 28.2. The Morgan fingerprint density at radius 3 is 1.51 bits per heavy atom. The van der Waals surface area contributed by atoms with Gasteiger partial charge in [0.2, 0.25) is 0 Å². The van der Waals surface area contributed by atoms with Crippen LogP contribution in [0.15, 0.2) is 157 Å². The Morgan fingerprint density at radius 1 is 0.509 bits per heavy atom. The van der Waals surface area contributed by atoms with Crippen LogP contribution in [-0.4, -0.2) is 78.9 Å². The van der Waals surface area contributed by atoms with Crippen molar-refractivity contribution in [2.75, 3.05) is 13.2 Å². The van der Waals surface area contributed by atoms with Crippen LogP contribution in [0, 0.1) is 0 Å². The third-order valence-electron chi connectivity index (χ3n) is 10.6. The number of hydrogen-bond acceptors (Lipinski definition) is 11. The lowest BCUT2D eigenvalue weighted by Crippen LogP contribution is -2.66. The first-order valence-electron chi connectivity index (χ1n) is 19.5. The molecule has 5 aromatic carbocycles. The summed E-state index contributed by atoms with van der Waals surface area (Å²) in [6.07, 6.45) is -8.31. The molecule has 11 heteroatoms. The summed E-state index contributed by atoms with van der Waals surface area (Å²) in [5.74, 6) is 0. The van der Waals surface area contributed by atoms with E-state index in [1.807, 2.05) is 152 Å². The van der Waals surface area contributed by atoms with E-state index in [1.165, 1.54) is 11.8 Å². The molecule has 0 bridgehead atoms. The van der Waals surface area contributed by atoms with Crippen molar-refractivity contribution in [3.8, 4) is 0 Å². The second-order valence-electron chi connectivity index (χ2n) is 14.5. The molecular formula is C46H46O10S. The quantitative estimate of drug-likeness (QED) is 0.137. The lowest BCUT2D eigenvalue weighted by atomic mass is 9.96. The third kappa shape index (κ3) is 9.05. The number of aliphatic hydroxyl groups is 1. The van der Waals surface area contributed by atoms with E-state index in [2.05, 4.69) is 0 Å². The molecule has 0 aromatic heterocycles. The van der Waals surface area contributed by atoms with Gasteiger partial charge < -0.3 is 47.7 Å². The predicted molar refractivity (Wildman–Crippen MR) is 211 cm³/mol. The highest BCUT2D eigenvalue weighted by Crippen LogP contribution is 2.43. The summed E-state index contributed by atoms with van der Waals surface area (Å²) >= 11 is 1.51. The van der Waals surface area contributed by atoms with Gasteiger partial charge in [-0.3, -0.25) is 0 Å². The van der Waals surface area contributed by atoms with E-state index in [4.69, 9.17) is 42.6 Å². The van der Waals surface area contributed by atoms with E-state index in [-0.39, 0.29) is 19.8 Å². The lowest BCUT2D eigenvalue weighted by Gasteiger charge is -2.52. The SMILES string of the molecule is OC1[C@H](OC2[C@@H](Sc3ccccc3)OC3COC(c4ccccc4)O[C@H]3[C@H]2OCc2ccccc2)OC2COC(c3ccccc3)O[C@H]2[C@H]1OCc1ccccc1. The zero-order chi connectivity index (χ0) is 38.4. The predicted octanol–water partition coefficient (Wildman–Crippen LogP) is 7.37. The van der Waals surface area contributed by atoms with Gasteiger partial charge in [0.05, 0.1) is 26.4 Å². The van der Waals surface area contributed by atoms with E-state index < -0.39 is 73.1 Å². The number of hydrogen-bond donors (Lipinski definition) is 1. The first kappa shape index (κ1) is 38.6. The molecule has 0 radical (unpaired) electrons. The van der Waals surface area contributed by atoms with Gasteiger partial charge >= 0.3 is 0 Å². The zero-order valence-corrected chi connectivity index (χ0v) is 32.0. The van der Waals surface area contributed by atoms with Gasteiger partial charge in [0.25, 0.3) is 0 Å². The van der Waals surface area contributed by atoms with Crippen molar-refractivity contribution in [3.63, 3.8) is 0 Å². The molecule has 0 aliphatic carbocycles. The topological polar surface area (TPSA) is 103 Å². The van der Waals surface area contributed by atoms with Crippen LogP contribution in [0.5, 0.6) is 0 Å². The van der Waals surface area contributed by atoms with Gasteiger partial charge in [0.15, 0.2) is 18.9 Å². The molecule has 0 saturated carbocycles. The summed E-state index contributed by atoms with van der Waals surface area (Å²) in [4.78, 5) is 0.978. The Labute approximate surface area is 336 Å². The van der Waals surface area contributed by atoms with Crippen molar-refractivity contribution in [2.45, 2.75) is 91.2 Å². The molecule has 10 nitrogen and oxygen atoms in total. The molecule has 4 saturated heterocycles. The van der Waals surface area contributed by atoms with Gasteiger partial charge in [0, 0.05) is 16.0 Å². The third-order valence-corrected chi connectivity index (χ3v) is 11.7. The molecule has 1 N–H and O–H groups in total. The molecule has 4 aliphatic rings. The Hall–Kier alpha value is -3.95. The Balaban J connectivity index is 1.03. The summed E-state index contributed by atoms with van der Waals surface area (Å²) in [6, 6.07) is 49.4. The van der Waals surface area contributed by atoms with Crippen molar-refractivity contribution in [1.29, 1.82) is 0 Å². The maximum absolute atomic E-state index is 12.3. The summed E-state index contributed by atoms with van der Waals surface area (Å²) in [7, 11) is 0. The van der Waals surface area contributed by atoms with Gasteiger partial charge in [-0.05, 0) is 23.3 Å². The summed E-state index contributed by atoms with van der Waals surface area (Å²) in [6.45, 7) is 1.02. The molecule has 0 spiro atoms. The van der Waals surface area contributed by atoms with Crippen LogP contribution in [0.3, 0.4) is 0 Å². The molecule has 296 valence electrons. The largest absolute Gasteiger partial charge is 0.385 e. The number of benzene rings is 5. The maximum atomic E-state index is 12.3. The van der Waals surface area contributed by atoms with Crippen molar-refractivity contribution in [3.05, 3.63) is 174 Å². The van der Waals surface area contributed by atoms with E-state index in [1.54, 1.807) is 0 Å². The molecule has 12 atom stereocenters. The highest BCUT2D eigenvalue weighted by Gasteiger charge is 2.56. The smallest absolute Gasteiger partial charge is 0.187 e. The molecule has 0 amide bonds. The molecule has 4 heterocycles. The van der Waals surface area contributed by atoms with Crippen molar-refractivity contribution in [1.82, 2.24) is 0 Å². The normalized spacial score (nSPS) is 32.5. The number of rotatable bonds is 12. The fourth-order valence-electron chi connectivity index (χ4n) is 7.72. The molecule has 4 aliphatic heterocycles. The molecule has 9 rings (SSSR count). The summed E-state index contributed by atoms with van der Waals surface area (Å²) in [5, 5.41) is 12.3. The van der Waals surface area contributed by atoms with Crippen LogP contribution < -0.4 is 0 Å². The highest BCUT2D eigenvalue weighted by atomic mass is 32.2. The molecule has 4 fully saturated rings. The van der Waals surface area contributed by atoms with Crippen LogP contribution in [0.4, 0.5) is 0 Å². The first-order valence-corrected chi connectivity index (χ1v) is 20.4. The van der Waals surface area contributed by atoms with Crippen LogP contribution in [0.25, 0.3) is 0 Å². The Kier molecular flexibility index (Phi) is 12.4. The standard InChI is InChI=1S/C46H46O10S/c47-37-40(48-26-30-16-6-1-7-17-30)38-35(28-50-43(54-38)32-20-10-3-11-21-32)52-45(37)56-42-41(49-27-31-18-8-2-9-19-31)39-36(53-46(42)57-34-24-14-5-15-25-34)29-51-44(55-39)33-22-12-4-13-23-33/h1-25,35-47H,26-29H2/t35?,36?,37?,38-,39-,40+,41-,42?,43?,44?,45+,46-/m1/s1. The average Bonchev–Trinajstić information content (AvgIpc) is 3.27. The van der Waals surface area contributed by atoms with Crippen molar-refractivity contribution in [2.24, 2.45) is 0 Å². The summed E-state index contributed by atoms with van der Waals surface area (Å²) in [5.41, 5.74) is 3.10. The number of thioether (sulfide) groups is 1. The molecule has 57 heavy (non-hydrogen) atoms. The van der Waals surface area contributed by atoms with Crippen LogP contribution in [-0.2, 0) is 55.8 Å². The van der Waals surface area contributed by atoms with E-state index in [0.29, 0.717) is 6.61 Å². The summed E-state index contributed by atoms with van der Waals surface area (Å²) < 4.78 is 59.7. The van der Waals surface area contributed by atoms with Gasteiger partial charge in [-0.25, -0.2) is 0 Å². The van der Waals surface area contributed by atoms with Gasteiger partial charge in [-0.2, -0.15) is 0 Å². The molecule has 5 aromatic rings. The minimum atomic E-state index is -1.26. The zero-order valence-electron chi connectivity index (χ0n) is 31.2. The average molecular weight is 791 g/mol. The van der Waals surface area contributed by atoms with Crippen LogP contribution >= 0.6 is 11.8 Å². The van der Waals surface area contributed by atoms with E-state index in [0.717, 1.165) is 27.1 Å². The molecular weight excluding hydrogens is 745 g/mol. The van der Waals surface area contributed by atoms with Crippen molar-refractivity contribution < 1.29 is 47.7 Å². The lowest BCUT2D eigenvalue weighted by molar-refractivity contribution is -0.389. The second-order valence-corrected chi connectivity index (χ2v) is 15.7. The minimum absolute atomic E-state index is 0.198. The fourth-order valence-corrected chi connectivity index (χ4v) is 8.86. The van der Waals surface area contributed by atoms with E-state index >= 15 is 0 Å². The van der Waals surface area contributed by atoms with E-state index in [9.17, 15) is 5.11 Å². The Morgan fingerprint density at radius 2 is 0.965 bits per heavy atom. The maximum Gasteiger partial charge on any atom is 0.187 e. The van der Waals surface area contributed by atoms with Crippen molar-refractivity contribution >= 4 is 11.8 Å². The highest BCUT2D eigenvalue weighted by molar-refractivity contribution is 7.99. The number of fused-ring (bicyclic) bond motifs is 2. The monoisotopic (exact) mass is 790 g/mol. The minimum Gasteiger partial charge on any atom is -0.385 e. The van der Waals surface area contributed by atoms with Crippen LogP contribution in [0.1, 0.15) is 34.8 Å². The number of aliphatic hydroxyl groups excluding tert-OH is 1. The van der Waals surface area contributed by atoms with Gasteiger partial charge in [-0.15, -0.1) is 0 Å². The van der Waals surface area contributed by atoms with Gasteiger partial charge in [0.1, 0.15) is 54.3 Å². The molecule has 6 unspecified atom stereocenters. The Bertz CT molecular complexity index is 1960. The van der Waals surface area contributed by atoms with Crippen LogP contribution in [0.2, 0.25) is 0 Å². The fraction of sp³-hybridized carbons (Fsp3) is 0.348. The second kappa shape index (κ2) is 18.3. The number of ether oxygens (including phenoxy) is 9.